The van der Waals surface area contributed by atoms with Crippen LogP contribution in [0.5, 0.6) is 0 Å². The summed E-state index contributed by atoms with van der Waals surface area (Å²) in [6.45, 7) is 0.462. The molecular formula is C14H13N4O2+. The Kier molecular flexibility index (Phi) is 3.12. The van der Waals surface area contributed by atoms with Crippen molar-refractivity contribution in [1.29, 1.82) is 0 Å². The first-order valence-corrected chi connectivity index (χ1v) is 6.23. The average molecular weight is 269 g/mol. The molecule has 1 N–H and O–H groups in total. The number of carboxylic acids is 1. The molecule has 0 saturated heterocycles. The van der Waals surface area contributed by atoms with Gasteiger partial charge in [-0.1, -0.05) is 0 Å². The molecule has 0 atom stereocenters. The highest BCUT2D eigenvalue weighted by atomic mass is 16.4. The van der Waals surface area contributed by atoms with Crippen LogP contribution in [0.25, 0.3) is 16.8 Å². The van der Waals surface area contributed by atoms with Crippen LogP contribution >= 0.6 is 0 Å². The third kappa shape index (κ3) is 2.49. The number of aryl methyl sites for hydroxylation is 1. The first kappa shape index (κ1) is 12.3. The Morgan fingerprint density at radius 1 is 1.25 bits per heavy atom. The SMILES string of the molecule is O=C(O)CC[n+]1ccc(-c2ccc3cncn3n2)cc1. The molecule has 0 aliphatic heterocycles. The normalized spacial score (nSPS) is 10.8. The maximum absolute atomic E-state index is 10.5. The second kappa shape index (κ2) is 5.08. The number of rotatable bonds is 4. The number of fused-ring (bicyclic) bond motifs is 1. The topological polar surface area (TPSA) is 71.4 Å². The molecule has 20 heavy (non-hydrogen) atoms. The summed E-state index contributed by atoms with van der Waals surface area (Å²) >= 11 is 0. The molecule has 3 rings (SSSR count). The van der Waals surface area contributed by atoms with Gasteiger partial charge in [0.2, 0.25) is 0 Å². The van der Waals surface area contributed by atoms with E-state index in [0.29, 0.717) is 6.54 Å². The smallest absolute Gasteiger partial charge is 0.309 e. The fourth-order valence-corrected chi connectivity index (χ4v) is 1.97. The summed E-state index contributed by atoms with van der Waals surface area (Å²) in [4.78, 5) is 14.6. The molecular weight excluding hydrogens is 256 g/mol. The summed E-state index contributed by atoms with van der Waals surface area (Å²) in [5.74, 6) is -0.797. The van der Waals surface area contributed by atoms with Gasteiger partial charge in [-0.2, -0.15) is 5.10 Å². The van der Waals surface area contributed by atoms with Gasteiger partial charge in [-0.05, 0) is 12.1 Å². The van der Waals surface area contributed by atoms with Crippen molar-refractivity contribution in [2.75, 3.05) is 0 Å². The predicted octanol–water partition coefficient (Wildman–Crippen LogP) is 1.16. The molecule has 0 bridgehead atoms. The number of aliphatic carboxylic acids is 1. The fraction of sp³-hybridized carbons (Fsp3) is 0.143. The van der Waals surface area contributed by atoms with Gasteiger partial charge in [0.05, 0.1) is 17.4 Å². The Hall–Kier alpha value is -2.76. The van der Waals surface area contributed by atoms with Crippen LogP contribution in [0.2, 0.25) is 0 Å². The molecule has 0 aromatic carbocycles. The number of hydrogen-bond acceptors (Lipinski definition) is 3. The molecule has 100 valence electrons. The van der Waals surface area contributed by atoms with Crippen LogP contribution in [0, 0.1) is 0 Å². The lowest BCUT2D eigenvalue weighted by atomic mass is 10.2. The van der Waals surface area contributed by atoms with Crippen LogP contribution in [0.1, 0.15) is 6.42 Å². The second-order valence-corrected chi connectivity index (χ2v) is 4.45. The van der Waals surface area contributed by atoms with E-state index in [1.807, 2.05) is 41.2 Å². The van der Waals surface area contributed by atoms with E-state index < -0.39 is 5.97 Å². The van der Waals surface area contributed by atoms with Gasteiger partial charge in [-0.25, -0.2) is 14.1 Å². The molecule has 3 aromatic heterocycles. The Morgan fingerprint density at radius 2 is 2.05 bits per heavy atom. The van der Waals surface area contributed by atoms with E-state index in [1.54, 1.807) is 17.0 Å². The van der Waals surface area contributed by atoms with Gasteiger partial charge in [-0.3, -0.25) is 4.79 Å². The average Bonchev–Trinajstić information content (AvgIpc) is 2.93. The fourth-order valence-electron chi connectivity index (χ4n) is 1.97. The van der Waals surface area contributed by atoms with Crippen molar-refractivity contribution < 1.29 is 14.5 Å². The Balaban J connectivity index is 1.84. The molecule has 3 heterocycles. The zero-order valence-corrected chi connectivity index (χ0v) is 10.7. The number of aromatic nitrogens is 4. The first-order valence-electron chi connectivity index (χ1n) is 6.23. The van der Waals surface area contributed by atoms with Crippen LogP contribution < -0.4 is 4.57 Å². The summed E-state index contributed by atoms with van der Waals surface area (Å²) in [6.07, 6.45) is 7.25. The minimum absolute atomic E-state index is 0.114. The summed E-state index contributed by atoms with van der Waals surface area (Å²) < 4.78 is 3.56. The molecule has 0 unspecified atom stereocenters. The van der Waals surface area contributed by atoms with Gasteiger partial charge < -0.3 is 5.11 Å². The molecule has 0 aliphatic rings. The molecule has 6 nitrogen and oxygen atoms in total. The standard InChI is InChI=1S/C14H12N4O2/c19-14(20)5-8-17-6-3-11(4-7-17)13-2-1-12-9-15-10-18(12)16-13/h1-4,6-7,9-10H,5,8H2/p+1. The van der Waals surface area contributed by atoms with E-state index in [0.717, 1.165) is 16.8 Å². The molecule has 6 heteroatoms. The van der Waals surface area contributed by atoms with Gasteiger partial charge in [0.1, 0.15) is 12.7 Å². The predicted molar refractivity (Wildman–Crippen MR) is 70.9 cm³/mol. The lowest BCUT2D eigenvalue weighted by molar-refractivity contribution is -0.695. The lowest BCUT2D eigenvalue weighted by Gasteiger charge is -2.01. The van der Waals surface area contributed by atoms with Crippen LogP contribution in [0.4, 0.5) is 0 Å². The molecule has 0 spiro atoms. The van der Waals surface area contributed by atoms with Crippen molar-refractivity contribution in [2.24, 2.45) is 0 Å². The highest BCUT2D eigenvalue weighted by Crippen LogP contribution is 2.15. The minimum Gasteiger partial charge on any atom is -0.481 e. The summed E-state index contributed by atoms with van der Waals surface area (Å²) in [5, 5.41) is 13.1. The van der Waals surface area contributed by atoms with Crippen molar-refractivity contribution >= 4 is 11.5 Å². The first-order chi connectivity index (χ1) is 9.72. The van der Waals surface area contributed by atoms with Crippen LogP contribution in [0.15, 0.2) is 49.2 Å². The van der Waals surface area contributed by atoms with Crippen molar-refractivity contribution in [3.05, 3.63) is 49.2 Å². The van der Waals surface area contributed by atoms with Gasteiger partial charge in [0, 0.05) is 17.7 Å². The Morgan fingerprint density at radius 3 is 2.80 bits per heavy atom. The van der Waals surface area contributed by atoms with Gasteiger partial charge in [-0.15, -0.1) is 0 Å². The molecule has 0 amide bonds. The number of hydrogen-bond donors (Lipinski definition) is 1. The molecule has 0 fully saturated rings. The zero-order valence-electron chi connectivity index (χ0n) is 10.7. The lowest BCUT2D eigenvalue weighted by Crippen LogP contribution is -2.33. The van der Waals surface area contributed by atoms with Crippen molar-refractivity contribution in [3.8, 4) is 11.3 Å². The molecule has 0 saturated carbocycles. The van der Waals surface area contributed by atoms with Crippen LogP contribution in [-0.4, -0.2) is 25.7 Å². The van der Waals surface area contributed by atoms with E-state index >= 15 is 0 Å². The zero-order chi connectivity index (χ0) is 13.9. The van der Waals surface area contributed by atoms with E-state index in [4.69, 9.17) is 5.11 Å². The minimum atomic E-state index is -0.797. The second-order valence-electron chi connectivity index (χ2n) is 4.45. The van der Waals surface area contributed by atoms with Crippen LogP contribution in [0.3, 0.4) is 0 Å². The van der Waals surface area contributed by atoms with Gasteiger partial charge >= 0.3 is 5.97 Å². The quantitative estimate of drug-likeness (QED) is 0.721. The van der Waals surface area contributed by atoms with E-state index in [1.165, 1.54) is 0 Å². The van der Waals surface area contributed by atoms with E-state index in [9.17, 15) is 4.79 Å². The summed E-state index contributed by atoms with van der Waals surface area (Å²) in [6, 6.07) is 7.74. The maximum atomic E-state index is 10.5. The maximum Gasteiger partial charge on any atom is 0.309 e. The number of carbonyl (C=O) groups is 1. The number of carboxylic acid groups (broad SMARTS) is 1. The molecule has 3 aromatic rings. The van der Waals surface area contributed by atoms with Gasteiger partial charge in [0.25, 0.3) is 0 Å². The largest absolute Gasteiger partial charge is 0.481 e. The van der Waals surface area contributed by atoms with Crippen molar-refractivity contribution in [1.82, 2.24) is 14.6 Å². The Labute approximate surface area is 114 Å². The van der Waals surface area contributed by atoms with Crippen molar-refractivity contribution in [3.63, 3.8) is 0 Å². The van der Waals surface area contributed by atoms with E-state index in [-0.39, 0.29) is 6.42 Å². The van der Waals surface area contributed by atoms with E-state index in [2.05, 4.69) is 10.1 Å². The van der Waals surface area contributed by atoms with Crippen molar-refractivity contribution in [2.45, 2.75) is 13.0 Å². The summed E-state index contributed by atoms with van der Waals surface area (Å²) in [7, 11) is 0. The number of nitrogens with zero attached hydrogens (tertiary/aromatic N) is 4. The third-order valence-corrected chi connectivity index (χ3v) is 3.05. The number of imidazole rings is 1. The van der Waals surface area contributed by atoms with Gasteiger partial charge in [0.15, 0.2) is 18.9 Å². The Bertz CT molecular complexity index is 749. The molecule has 0 aliphatic carbocycles. The molecule has 0 radical (unpaired) electrons. The number of pyridine rings is 1. The highest BCUT2D eigenvalue weighted by Gasteiger charge is 2.07. The monoisotopic (exact) mass is 269 g/mol. The highest BCUT2D eigenvalue weighted by molar-refractivity contribution is 5.66. The third-order valence-electron chi connectivity index (χ3n) is 3.05. The van der Waals surface area contributed by atoms with Crippen LogP contribution in [-0.2, 0) is 11.3 Å². The summed E-state index contributed by atoms with van der Waals surface area (Å²) in [5.41, 5.74) is 2.77.